The molecule has 4 rings (SSSR count). The van der Waals surface area contributed by atoms with E-state index in [0.717, 1.165) is 12.8 Å². The number of sulfone groups is 1. The third-order valence-electron chi connectivity index (χ3n) is 5.59. The summed E-state index contributed by atoms with van der Waals surface area (Å²) < 4.78 is 39.9. The van der Waals surface area contributed by atoms with Gasteiger partial charge < -0.3 is 4.90 Å². The highest BCUT2D eigenvalue weighted by molar-refractivity contribution is 8.00. The lowest BCUT2D eigenvalue weighted by Gasteiger charge is -2.29. The summed E-state index contributed by atoms with van der Waals surface area (Å²) in [5.74, 6) is 0.173. The summed E-state index contributed by atoms with van der Waals surface area (Å²) in [5, 5.41) is 8.63. The van der Waals surface area contributed by atoms with Crippen LogP contribution in [0.5, 0.6) is 0 Å². The lowest BCUT2D eigenvalue weighted by atomic mass is 10.2. The van der Waals surface area contributed by atoms with Crippen molar-refractivity contribution in [2.24, 2.45) is 0 Å². The van der Waals surface area contributed by atoms with E-state index in [0.29, 0.717) is 29.5 Å². The highest BCUT2D eigenvalue weighted by Crippen LogP contribution is 2.42. The molecule has 2 aliphatic rings. The van der Waals surface area contributed by atoms with E-state index in [2.05, 4.69) is 10.2 Å². The van der Waals surface area contributed by atoms with Crippen molar-refractivity contribution in [3.8, 4) is 11.4 Å². The number of benzene rings is 1. The average molecular weight is 453 g/mol. The Morgan fingerprint density at radius 2 is 2.03 bits per heavy atom. The Morgan fingerprint density at radius 3 is 2.63 bits per heavy atom. The van der Waals surface area contributed by atoms with E-state index in [1.54, 1.807) is 30.0 Å². The van der Waals surface area contributed by atoms with Crippen LogP contribution in [0.15, 0.2) is 29.4 Å². The van der Waals surface area contributed by atoms with Crippen LogP contribution in [-0.2, 0) is 14.6 Å². The van der Waals surface area contributed by atoms with Crippen LogP contribution in [0.4, 0.5) is 4.39 Å². The number of carbonyl (C=O) groups excluding carboxylic acids is 1. The Morgan fingerprint density at radius 1 is 1.30 bits per heavy atom. The van der Waals surface area contributed by atoms with Gasteiger partial charge in [0.2, 0.25) is 5.91 Å². The smallest absolute Gasteiger partial charge is 0.236 e. The summed E-state index contributed by atoms with van der Waals surface area (Å²) in [5.41, 5.74) is 0.397. The molecule has 1 aliphatic carbocycles. The summed E-state index contributed by atoms with van der Waals surface area (Å²) in [4.78, 5) is 14.8. The van der Waals surface area contributed by atoms with E-state index >= 15 is 0 Å². The maximum absolute atomic E-state index is 14.3. The zero-order valence-electron chi connectivity index (χ0n) is 17.0. The molecule has 1 amide bonds. The summed E-state index contributed by atoms with van der Waals surface area (Å²) in [6, 6.07) is 6.41. The van der Waals surface area contributed by atoms with Gasteiger partial charge in [0.05, 0.1) is 22.3 Å². The monoisotopic (exact) mass is 452 g/mol. The van der Waals surface area contributed by atoms with Crippen LogP contribution in [0.2, 0.25) is 0 Å². The van der Waals surface area contributed by atoms with E-state index in [1.165, 1.54) is 17.8 Å². The van der Waals surface area contributed by atoms with Gasteiger partial charge in [-0.2, -0.15) is 0 Å². The SMILES string of the molecule is CCN(C(=O)C(C)Sc1nnc(-c2ccccc2F)n1C1CC1)C1CCS(=O)(=O)C1. The molecule has 2 aromatic rings. The first-order valence-corrected chi connectivity index (χ1v) is 12.9. The molecule has 1 saturated heterocycles. The molecule has 0 bridgehead atoms. The van der Waals surface area contributed by atoms with Crippen LogP contribution in [-0.4, -0.2) is 63.3 Å². The molecule has 2 fully saturated rings. The Hall–Kier alpha value is -1.94. The lowest BCUT2D eigenvalue weighted by molar-refractivity contribution is -0.131. The van der Waals surface area contributed by atoms with Crippen LogP contribution >= 0.6 is 11.8 Å². The van der Waals surface area contributed by atoms with E-state index < -0.39 is 15.1 Å². The first kappa shape index (κ1) is 21.3. The van der Waals surface area contributed by atoms with Gasteiger partial charge >= 0.3 is 0 Å². The maximum Gasteiger partial charge on any atom is 0.236 e. The molecule has 7 nitrogen and oxygen atoms in total. The first-order valence-electron chi connectivity index (χ1n) is 10.2. The number of thioether (sulfide) groups is 1. The predicted octanol–water partition coefficient (Wildman–Crippen LogP) is 2.94. The summed E-state index contributed by atoms with van der Waals surface area (Å²) in [7, 11) is -3.07. The van der Waals surface area contributed by atoms with Crippen molar-refractivity contribution in [2.45, 2.75) is 55.6 Å². The standard InChI is InChI=1S/C20H25FN4O3S2/c1-3-24(15-10-11-30(27,28)12-15)19(26)13(2)29-20-23-22-18(25(20)14-8-9-14)16-6-4-5-7-17(16)21/h4-7,13-15H,3,8-12H2,1-2H3. The predicted molar refractivity (Wildman–Crippen MR) is 113 cm³/mol. The molecular formula is C20H25FN4O3S2. The topological polar surface area (TPSA) is 85.2 Å². The third kappa shape index (κ3) is 4.25. The van der Waals surface area contributed by atoms with E-state index in [4.69, 9.17) is 0 Å². The zero-order valence-corrected chi connectivity index (χ0v) is 18.6. The Bertz CT molecular complexity index is 1050. The Kier molecular flexibility index (Phi) is 5.89. The van der Waals surface area contributed by atoms with Crippen LogP contribution < -0.4 is 0 Å². The van der Waals surface area contributed by atoms with Gasteiger partial charge in [-0.15, -0.1) is 10.2 Å². The fourth-order valence-electron chi connectivity index (χ4n) is 3.90. The molecule has 0 spiro atoms. The van der Waals surface area contributed by atoms with Crippen molar-refractivity contribution in [3.05, 3.63) is 30.1 Å². The van der Waals surface area contributed by atoms with Gasteiger partial charge in [0.25, 0.3) is 0 Å². The van der Waals surface area contributed by atoms with Gasteiger partial charge in [-0.25, -0.2) is 12.8 Å². The van der Waals surface area contributed by atoms with E-state index in [-0.39, 0.29) is 35.3 Å². The van der Waals surface area contributed by atoms with Gasteiger partial charge in [-0.1, -0.05) is 23.9 Å². The number of rotatable bonds is 7. The number of hydrogen-bond donors (Lipinski definition) is 0. The number of halogens is 1. The highest BCUT2D eigenvalue weighted by atomic mass is 32.2. The zero-order chi connectivity index (χ0) is 21.5. The molecule has 0 radical (unpaired) electrons. The number of hydrogen-bond acceptors (Lipinski definition) is 6. The number of amides is 1. The van der Waals surface area contributed by atoms with Gasteiger partial charge in [-0.3, -0.25) is 9.36 Å². The fourth-order valence-corrected chi connectivity index (χ4v) is 6.62. The minimum absolute atomic E-state index is 0.0274. The number of carbonyl (C=O) groups is 1. The molecule has 1 aromatic heterocycles. The maximum atomic E-state index is 14.3. The average Bonchev–Trinajstić information content (AvgIpc) is 3.37. The molecule has 1 aromatic carbocycles. The molecule has 1 aliphatic heterocycles. The Balaban J connectivity index is 1.55. The fraction of sp³-hybridized carbons (Fsp3) is 0.550. The third-order valence-corrected chi connectivity index (χ3v) is 8.39. The molecular weight excluding hydrogens is 427 g/mol. The van der Waals surface area contributed by atoms with Gasteiger partial charge in [-0.05, 0) is 45.2 Å². The second-order valence-electron chi connectivity index (χ2n) is 7.83. The summed E-state index contributed by atoms with van der Waals surface area (Å²) >= 11 is 1.30. The summed E-state index contributed by atoms with van der Waals surface area (Å²) in [6.07, 6.45) is 2.42. The molecule has 2 unspecified atom stereocenters. The second-order valence-corrected chi connectivity index (χ2v) is 11.4. The van der Waals surface area contributed by atoms with Crippen LogP contribution in [0.1, 0.15) is 39.2 Å². The quantitative estimate of drug-likeness (QED) is 0.601. The van der Waals surface area contributed by atoms with Crippen LogP contribution in [0, 0.1) is 5.82 Å². The lowest BCUT2D eigenvalue weighted by Crippen LogP contribution is -2.44. The highest BCUT2D eigenvalue weighted by Gasteiger charge is 2.37. The van der Waals surface area contributed by atoms with E-state index in [1.807, 2.05) is 11.5 Å². The normalized spacial score (nSPS) is 21.5. The minimum atomic E-state index is -3.07. The largest absolute Gasteiger partial charge is 0.338 e. The Labute approximate surface area is 180 Å². The van der Waals surface area contributed by atoms with Crippen LogP contribution in [0.3, 0.4) is 0 Å². The van der Waals surface area contributed by atoms with Gasteiger partial charge in [0, 0.05) is 18.6 Å². The molecule has 2 atom stereocenters. The second kappa shape index (κ2) is 8.30. The minimum Gasteiger partial charge on any atom is -0.338 e. The van der Waals surface area contributed by atoms with Gasteiger partial charge in [0.15, 0.2) is 20.8 Å². The van der Waals surface area contributed by atoms with Gasteiger partial charge in [0.1, 0.15) is 5.82 Å². The number of nitrogens with zero attached hydrogens (tertiary/aromatic N) is 4. The van der Waals surface area contributed by atoms with Crippen molar-refractivity contribution in [3.63, 3.8) is 0 Å². The number of aromatic nitrogens is 3. The molecule has 0 N–H and O–H groups in total. The van der Waals surface area contributed by atoms with Crippen molar-refractivity contribution in [1.82, 2.24) is 19.7 Å². The van der Waals surface area contributed by atoms with Crippen molar-refractivity contribution in [2.75, 3.05) is 18.1 Å². The molecule has 10 heteroatoms. The van der Waals surface area contributed by atoms with Crippen molar-refractivity contribution < 1.29 is 17.6 Å². The van der Waals surface area contributed by atoms with Crippen LogP contribution in [0.25, 0.3) is 11.4 Å². The molecule has 162 valence electrons. The summed E-state index contributed by atoms with van der Waals surface area (Å²) in [6.45, 7) is 4.12. The molecule has 2 heterocycles. The molecule has 1 saturated carbocycles. The van der Waals surface area contributed by atoms with Crippen molar-refractivity contribution in [1.29, 1.82) is 0 Å². The van der Waals surface area contributed by atoms with E-state index in [9.17, 15) is 17.6 Å². The van der Waals surface area contributed by atoms with Crippen molar-refractivity contribution >= 4 is 27.5 Å². The first-order chi connectivity index (χ1) is 14.3. The molecule has 30 heavy (non-hydrogen) atoms.